The van der Waals surface area contributed by atoms with Gasteiger partial charge in [0.1, 0.15) is 0 Å². The minimum absolute atomic E-state index is 0.129. The predicted molar refractivity (Wildman–Crippen MR) is 60.9 cm³/mol. The van der Waals surface area contributed by atoms with E-state index in [1.54, 1.807) is 0 Å². The molecule has 1 atom stereocenters. The molecule has 0 aliphatic carbocycles. The third-order valence-electron chi connectivity index (χ3n) is 2.35. The maximum absolute atomic E-state index is 11.4. The molecule has 0 aliphatic rings. The molecule has 4 heteroatoms. The topological polar surface area (TPSA) is 52.6 Å². The molecule has 0 aromatic heterocycles. The maximum Gasteiger partial charge on any atom is 0.309 e. The smallest absolute Gasteiger partial charge is 0.309 e. The van der Waals surface area contributed by atoms with E-state index in [0.717, 1.165) is 19.3 Å². The average molecular weight is 230 g/mol. The first-order valence-electron chi connectivity index (χ1n) is 5.89. The minimum Gasteiger partial charge on any atom is -0.469 e. The van der Waals surface area contributed by atoms with Crippen LogP contribution in [-0.2, 0) is 19.1 Å². The highest BCUT2D eigenvalue weighted by atomic mass is 16.5. The van der Waals surface area contributed by atoms with Crippen LogP contribution in [0.25, 0.3) is 0 Å². The Labute approximate surface area is 97.3 Å². The molecule has 0 heterocycles. The number of carbonyl (C=O) groups is 2. The van der Waals surface area contributed by atoms with Gasteiger partial charge < -0.3 is 9.47 Å². The van der Waals surface area contributed by atoms with Crippen molar-refractivity contribution in [3.63, 3.8) is 0 Å². The summed E-state index contributed by atoms with van der Waals surface area (Å²) in [5.74, 6) is -0.990. The van der Waals surface area contributed by atoms with Crippen LogP contribution in [0.15, 0.2) is 0 Å². The number of ether oxygens (including phenoxy) is 2. The van der Waals surface area contributed by atoms with Crippen LogP contribution in [0.2, 0.25) is 0 Å². The molecule has 0 N–H and O–H groups in total. The summed E-state index contributed by atoms with van der Waals surface area (Å²) in [6.45, 7) is 4.44. The molecule has 0 rings (SSSR count). The molecule has 0 radical (unpaired) electrons. The minimum atomic E-state index is -0.357. The van der Waals surface area contributed by atoms with E-state index >= 15 is 0 Å². The fourth-order valence-electron chi connectivity index (χ4n) is 1.41. The van der Waals surface area contributed by atoms with E-state index in [0.29, 0.717) is 13.0 Å². The zero-order valence-corrected chi connectivity index (χ0v) is 10.5. The molecule has 0 amide bonds. The van der Waals surface area contributed by atoms with Crippen molar-refractivity contribution in [2.75, 3.05) is 13.7 Å². The van der Waals surface area contributed by atoms with Gasteiger partial charge in [0.2, 0.25) is 0 Å². The first-order valence-corrected chi connectivity index (χ1v) is 5.89. The molecule has 94 valence electrons. The lowest BCUT2D eigenvalue weighted by Crippen LogP contribution is -2.21. The first-order chi connectivity index (χ1) is 7.65. The van der Waals surface area contributed by atoms with Gasteiger partial charge in [0.15, 0.2) is 0 Å². The largest absolute Gasteiger partial charge is 0.469 e. The summed E-state index contributed by atoms with van der Waals surface area (Å²) in [7, 11) is 1.34. The molecular weight excluding hydrogens is 208 g/mol. The van der Waals surface area contributed by atoms with Crippen molar-refractivity contribution >= 4 is 11.9 Å². The second-order valence-electron chi connectivity index (χ2n) is 3.79. The molecule has 0 aromatic carbocycles. The van der Waals surface area contributed by atoms with Gasteiger partial charge in [0.05, 0.1) is 26.1 Å². The second-order valence-corrected chi connectivity index (χ2v) is 3.79. The molecule has 0 saturated carbocycles. The van der Waals surface area contributed by atoms with Gasteiger partial charge in [-0.3, -0.25) is 9.59 Å². The van der Waals surface area contributed by atoms with Crippen LogP contribution >= 0.6 is 0 Å². The van der Waals surface area contributed by atoms with Gasteiger partial charge in [-0.1, -0.05) is 26.7 Å². The van der Waals surface area contributed by atoms with Crippen LogP contribution in [0, 0.1) is 5.92 Å². The lowest BCUT2D eigenvalue weighted by molar-refractivity contribution is -0.153. The first kappa shape index (κ1) is 14.9. The Bertz CT molecular complexity index is 213. The lowest BCUT2D eigenvalue weighted by atomic mass is 10.0. The molecule has 1 unspecified atom stereocenters. The van der Waals surface area contributed by atoms with Gasteiger partial charge >= 0.3 is 11.9 Å². The fraction of sp³-hybridized carbons (Fsp3) is 0.833. The molecule has 0 bridgehead atoms. The van der Waals surface area contributed by atoms with Crippen molar-refractivity contribution in [1.29, 1.82) is 0 Å². The maximum atomic E-state index is 11.4. The van der Waals surface area contributed by atoms with Gasteiger partial charge in [0.25, 0.3) is 0 Å². The van der Waals surface area contributed by atoms with E-state index in [-0.39, 0.29) is 24.3 Å². The molecule has 0 saturated heterocycles. The van der Waals surface area contributed by atoms with Gasteiger partial charge in [-0.05, 0) is 12.8 Å². The molecule has 16 heavy (non-hydrogen) atoms. The molecule has 0 fully saturated rings. The van der Waals surface area contributed by atoms with Gasteiger partial charge in [-0.15, -0.1) is 0 Å². The highest BCUT2D eigenvalue weighted by molar-refractivity contribution is 5.79. The van der Waals surface area contributed by atoms with Crippen molar-refractivity contribution in [3.8, 4) is 0 Å². The van der Waals surface area contributed by atoms with Crippen LogP contribution in [0.5, 0.6) is 0 Å². The summed E-state index contributed by atoms with van der Waals surface area (Å²) < 4.78 is 9.65. The number of rotatable bonds is 8. The van der Waals surface area contributed by atoms with Crippen LogP contribution in [0.1, 0.15) is 46.0 Å². The standard InChI is InChI=1S/C12H22O4/c1-4-6-8-16-11(13)9-10(7-5-2)12(14)15-3/h10H,4-9H2,1-3H3. The number of methoxy groups -OCH3 is 1. The van der Waals surface area contributed by atoms with Crippen molar-refractivity contribution in [3.05, 3.63) is 0 Å². The third-order valence-corrected chi connectivity index (χ3v) is 2.35. The number of unbranched alkanes of at least 4 members (excludes halogenated alkanes) is 1. The fourth-order valence-corrected chi connectivity index (χ4v) is 1.41. The zero-order valence-electron chi connectivity index (χ0n) is 10.5. The number of esters is 2. The van der Waals surface area contributed by atoms with Crippen molar-refractivity contribution < 1.29 is 19.1 Å². The van der Waals surface area contributed by atoms with Gasteiger partial charge in [-0.25, -0.2) is 0 Å². The zero-order chi connectivity index (χ0) is 12.4. The summed E-state index contributed by atoms with van der Waals surface area (Å²) in [5.41, 5.74) is 0. The Kier molecular flexibility index (Phi) is 8.58. The van der Waals surface area contributed by atoms with E-state index in [1.165, 1.54) is 7.11 Å². The van der Waals surface area contributed by atoms with Gasteiger partial charge in [-0.2, -0.15) is 0 Å². The average Bonchev–Trinajstić information content (AvgIpc) is 2.28. The summed E-state index contributed by atoms with van der Waals surface area (Å²) >= 11 is 0. The van der Waals surface area contributed by atoms with Crippen LogP contribution in [0.3, 0.4) is 0 Å². The Balaban J connectivity index is 3.97. The third kappa shape index (κ3) is 6.43. The number of carbonyl (C=O) groups excluding carboxylic acids is 2. The second kappa shape index (κ2) is 9.19. The van der Waals surface area contributed by atoms with Gasteiger partial charge in [0, 0.05) is 0 Å². The van der Waals surface area contributed by atoms with Crippen molar-refractivity contribution in [2.45, 2.75) is 46.0 Å². The summed E-state index contributed by atoms with van der Waals surface area (Å²) in [5, 5.41) is 0. The quantitative estimate of drug-likeness (QED) is 0.474. The van der Waals surface area contributed by atoms with E-state index < -0.39 is 0 Å². The summed E-state index contributed by atoms with van der Waals surface area (Å²) in [4.78, 5) is 22.7. The summed E-state index contributed by atoms with van der Waals surface area (Å²) in [6, 6.07) is 0. The molecular formula is C12H22O4. The van der Waals surface area contributed by atoms with E-state index in [9.17, 15) is 9.59 Å². The normalized spacial score (nSPS) is 11.9. The Hall–Kier alpha value is -1.06. The van der Waals surface area contributed by atoms with Crippen molar-refractivity contribution in [2.24, 2.45) is 5.92 Å². The van der Waals surface area contributed by atoms with E-state index in [4.69, 9.17) is 4.74 Å². The highest BCUT2D eigenvalue weighted by Crippen LogP contribution is 2.14. The SMILES string of the molecule is CCCCOC(=O)CC(CCC)C(=O)OC. The number of hydrogen-bond acceptors (Lipinski definition) is 4. The highest BCUT2D eigenvalue weighted by Gasteiger charge is 2.22. The molecule has 0 aliphatic heterocycles. The van der Waals surface area contributed by atoms with Crippen molar-refractivity contribution in [1.82, 2.24) is 0 Å². The summed E-state index contributed by atoms with van der Waals surface area (Å²) in [6.07, 6.45) is 3.49. The van der Waals surface area contributed by atoms with Crippen LogP contribution in [0.4, 0.5) is 0 Å². The number of hydrogen-bond donors (Lipinski definition) is 0. The van der Waals surface area contributed by atoms with Crippen LogP contribution < -0.4 is 0 Å². The molecule has 4 nitrogen and oxygen atoms in total. The Morgan fingerprint density at radius 2 is 1.88 bits per heavy atom. The van der Waals surface area contributed by atoms with E-state index in [2.05, 4.69) is 4.74 Å². The monoisotopic (exact) mass is 230 g/mol. The molecule has 0 aromatic rings. The lowest BCUT2D eigenvalue weighted by Gasteiger charge is -2.12. The Morgan fingerprint density at radius 1 is 1.19 bits per heavy atom. The Morgan fingerprint density at radius 3 is 2.38 bits per heavy atom. The predicted octanol–water partition coefficient (Wildman–Crippen LogP) is 2.31. The van der Waals surface area contributed by atoms with E-state index in [1.807, 2.05) is 13.8 Å². The van der Waals surface area contributed by atoms with Crippen LogP contribution in [-0.4, -0.2) is 25.7 Å². The molecule has 0 spiro atoms.